The molecule has 0 amide bonds. The molecule has 4 N–H and O–H groups in total. The fourth-order valence-electron chi connectivity index (χ4n) is 10.3. The number of carboxylic acids is 1. The summed E-state index contributed by atoms with van der Waals surface area (Å²) in [6.07, 6.45) is -5.04. The van der Waals surface area contributed by atoms with Crippen LogP contribution in [-0.4, -0.2) is 93.7 Å². The van der Waals surface area contributed by atoms with Crippen LogP contribution < -0.4 is 34.7 Å². The van der Waals surface area contributed by atoms with Crippen molar-refractivity contribution in [3.05, 3.63) is 11.6 Å². The zero-order chi connectivity index (χ0) is 35.7. The number of allylic oxidation sites excluding steroid dienone is 2. The molecule has 15 atom stereocenters. The number of rotatable bonds is 10. The summed E-state index contributed by atoms with van der Waals surface area (Å²) < 4.78 is 52.7. The molecule has 1 heterocycles. The van der Waals surface area contributed by atoms with E-state index in [9.17, 15) is 48.1 Å². The van der Waals surface area contributed by atoms with Crippen molar-refractivity contribution in [3.63, 3.8) is 0 Å². The van der Waals surface area contributed by atoms with Gasteiger partial charge in [-0.3, -0.25) is 8.98 Å². The van der Waals surface area contributed by atoms with E-state index in [1.807, 2.05) is 27.7 Å². The summed E-state index contributed by atoms with van der Waals surface area (Å²) in [4.78, 5) is 24.6. The summed E-state index contributed by atoms with van der Waals surface area (Å²) in [6.45, 7) is 11.8. The molecule has 15 heteroatoms. The van der Waals surface area contributed by atoms with Crippen LogP contribution in [0.15, 0.2) is 11.6 Å². The Morgan fingerprint density at radius 2 is 1.71 bits per heavy atom. The van der Waals surface area contributed by atoms with Gasteiger partial charge in [-0.15, -0.1) is 0 Å². The van der Waals surface area contributed by atoms with E-state index in [0.717, 1.165) is 12.0 Å². The predicted octanol–water partition coefficient (Wildman–Crippen LogP) is -2.03. The maximum atomic E-state index is 13.1. The topological polar surface area (TPSA) is 223 Å². The van der Waals surface area contributed by atoms with Crippen molar-refractivity contribution in [2.75, 3.05) is 0 Å². The largest absolute Gasteiger partial charge is 1.00 e. The summed E-state index contributed by atoms with van der Waals surface area (Å²) in [5.41, 5.74) is -1.03. The van der Waals surface area contributed by atoms with Gasteiger partial charge in [-0.1, -0.05) is 46.3 Å². The predicted molar refractivity (Wildman–Crippen MR) is 166 cm³/mol. The molecule has 4 aliphatic carbocycles. The number of carbonyl (C=O) groups excluding carboxylic acids is 2. The Labute approximate surface area is 311 Å². The summed E-state index contributed by atoms with van der Waals surface area (Å²) >= 11 is 0. The van der Waals surface area contributed by atoms with E-state index in [1.165, 1.54) is 0 Å². The SMILES string of the molecule is CC(C)[C@H](C)C(=O)CC(C)(O)[C@H]1CCC2C3CC(OS(=O)(=O)[O-])C4C[C@@H](OC5OC(C(=O)[O-])C(O)C(O)C5O)CC[C@]4(C)C3=CC[C@@]21C.[Na+]. The smallest absolute Gasteiger partial charge is 0.726 e. The summed E-state index contributed by atoms with van der Waals surface area (Å²) in [7, 11) is -5.11. The van der Waals surface area contributed by atoms with E-state index in [2.05, 4.69) is 13.0 Å². The monoisotopic (exact) mass is 723 g/mol. The summed E-state index contributed by atoms with van der Waals surface area (Å²) in [5.74, 6) is -2.52. The van der Waals surface area contributed by atoms with Gasteiger partial charge in [0.05, 0.1) is 23.8 Å². The second kappa shape index (κ2) is 14.7. The van der Waals surface area contributed by atoms with Gasteiger partial charge >= 0.3 is 29.6 Å². The van der Waals surface area contributed by atoms with Gasteiger partial charge in [0.15, 0.2) is 6.29 Å². The standard InChI is InChI=1S/C34H54O13S.Na/c1-16(2)17(3)23(35)15-34(6,41)25-8-7-20-19-14-24(47-48(42,43)44)22-13-18(9-11-32(22,4)21(19)10-12-33(20,25)5)45-31-28(38)26(36)27(37)29(46-31)30(39)40;/h10,16-20,22,24-29,31,36-38,41H,7-9,11-15H2,1-6H3,(H,39,40)(H,42,43,44);/q;+1/p-2/t17-,18-,19?,20?,22?,24?,25-,26?,27?,28?,29?,31?,32+,33-,34?;/m0./s1. The molecule has 4 fully saturated rings. The molecular weight excluding hydrogens is 671 g/mol. The molecule has 13 nitrogen and oxygen atoms in total. The van der Waals surface area contributed by atoms with Gasteiger partial charge in [0, 0.05) is 12.3 Å². The molecule has 0 aromatic rings. The van der Waals surface area contributed by atoms with Crippen LogP contribution in [0.4, 0.5) is 0 Å². The van der Waals surface area contributed by atoms with E-state index >= 15 is 0 Å². The first kappa shape index (κ1) is 41.3. The van der Waals surface area contributed by atoms with E-state index in [1.54, 1.807) is 6.92 Å². The molecule has 1 aliphatic heterocycles. The number of aliphatic carboxylic acids is 1. The van der Waals surface area contributed by atoms with Crippen molar-refractivity contribution in [1.29, 1.82) is 0 Å². The van der Waals surface area contributed by atoms with Crippen molar-refractivity contribution in [1.82, 2.24) is 0 Å². The van der Waals surface area contributed by atoms with Crippen LogP contribution in [-0.2, 0) is 33.6 Å². The number of carboxylic acid groups (broad SMARTS) is 1. The molecule has 0 aromatic carbocycles. The van der Waals surface area contributed by atoms with Gasteiger partial charge in [0.1, 0.15) is 30.2 Å². The van der Waals surface area contributed by atoms with Crippen molar-refractivity contribution in [3.8, 4) is 0 Å². The molecule has 0 aromatic heterocycles. The number of hydrogen-bond acceptors (Lipinski definition) is 13. The Morgan fingerprint density at radius 3 is 2.31 bits per heavy atom. The van der Waals surface area contributed by atoms with Crippen molar-refractivity contribution in [2.45, 2.75) is 141 Å². The third-order valence-electron chi connectivity index (χ3n) is 13.1. The number of hydrogen-bond donors (Lipinski definition) is 4. The number of fused-ring (bicyclic) bond motifs is 5. The van der Waals surface area contributed by atoms with Crippen LogP contribution in [0, 0.1) is 46.3 Å². The normalized spacial score (nSPS) is 44.0. The quantitative estimate of drug-likeness (QED) is 0.0629. The minimum absolute atomic E-state index is 0. The Kier molecular flexibility index (Phi) is 12.4. The first-order chi connectivity index (χ1) is 22.1. The van der Waals surface area contributed by atoms with E-state index in [0.29, 0.717) is 25.7 Å². The van der Waals surface area contributed by atoms with E-state index in [-0.39, 0.29) is 89.6 Å². The Hall–Kier alpha value is -0.490. The third kappa shape index (κ3) is 7.77. The zero-order valence-electron chi connectivity index (χ0n) is 29.6. The molecule has 49 heavy (non-hydrogen) atoms. The number of ketones is 1. The van der Waals surface area contributed by atoms with Gasteiger partial charge < -0.3 is 44.4 Å². The second-order valence-corrected chi connectivity index (χ2v) is 17.3. The number of carbonyl (C=O) groups is 2. The number of aliphatic hydroxyl groups excluding tert-OH is 3. The summed E-state index contributed by atoms with van der Waals surface area (Å²) in [6, 6.07) is 0. The maximum absolute atomic E-state index is 13.1. The molecule has 3 saturated carbocycles. The van der Waals surface area contributed by atoms with E-state index < -0.39 is 76.2 Å². The van der Waals surface area contributed by atoms with Gasteiger partial charge in [-0.2, -0.15) is 0 Å². The number of ether oxygens (including phenoxy) is 2. The van der Waals surface area contributed by atoms with Gasteiger partial charge in [-0.25, -0.2) is 8.42 Å². The van der Waals surface area contributed by atoms with Crippen molar-refractivity contribution < 1.29 is 91.3 Å². The fourth-order valence-corrected chi connectivity index (χ4v) is 10.8. The number of Topliss-reactive ketones (excluding diaryl/α,β-unsaturated/α-hetero) is 1. The minimum atomic E-state index is -5.11. The maximum Gasteiger partial charge on any atom is 1.00 e. The molecule has 0 radical (unpaired) electrons. The Bertz CT molecular complexity index is 1390. The van der Waals surface area contributed by atoms with Crippen molar-refractivity contribution >= 4 is 22.2 Å². The van der Waals surface area contributed by atoms with Crippen molar-refractivity contribution in [2.24, 2.45) is 46.3 Å². The van der Waals surface area contributed by atoms with Gasteiger partial charge in [0.25, 0.3) is 0 Å². The average Bonchev–Trinajstić information content (AvgIpc) is 3.34. The van der Waals surface area contributed by atoms with Crippen LogP contribution >= 0.6 is 0 Å². The van der Waals surface area contributed by atoms with Crippen LogP contribution in [0.1, 0.15) is 92.9 Å². The molecule has 10 unspecified atom stereocenters. The Morgan fingerprint density at radius 1 is 1.06 bits per heavy atom. The Balaban J connectivity index is 0.00000541. The van der Waals surface area contributed by atoms with Crippen LogP contribution in [0.2, 0.25) is 0 Å². The summed E-state index contributed by atoms with van der Waals surface area (Å²) in [5, 5.41) is 54.1. The molecule has 274 valence electrons. The van der Waals surface area contributed by atoms with Gasteiger partial charge in [-0.05, 0) is 92.3 Å². The van der Waals surface area contributed by atoms with Crippen LogP contribution in [0.3, 0.4) is 0 Å². The third-order valence-corrected chi connectivity index (χ3v) is 13.6. The first-order valence-corrected chi connectivity index (χ1v) is 18.6. The molecule has 5 rings (SSSR count). The molecule has 0 spiro atoms. The molecule has 1 saturated heterocycles. The second-order valence-electron chi connectivity index (χ2n) is 16.3. The average molecular weight is 724 g/mol. The minimum Gasteiger partial charge on any atom is -0.726 e. The van der Waals surface area contributed by atoms with Crippen LogP contribution in [0.25, 0.3) is 0 Å². The van der Waals surface area contributed by atoms with Gasteiger partial charge in [0.2, 0.25) is 10.4 Å². The van der Waals surface area contributed by atoms with E-state index in [4.69, 9.17) is 13.7 Å². The zero-order valence-corrected chi connectivity index (χ0v) is 32.4. The molecule has 5 aliphatic rings. The fraction of sp³-hybridized carbons (Fsp3) is 0.882. The number of aliphatic hydroxyl groups is 4. The first-order valence-electron chi connectivity index (χ1n) is 17.3. The molecule has 0 bridgehead atoms. The van der Waals surface area contributed by atoms with Crippen LogP contribution in [0.5, 0.6) is 0 Å². The molecular formula is C34H52NaO13S-.